The van der Waals surface area contributed by atoms with E-state index in [9.17, 15) is 0 Å². The van der Waals surface area contributed by atoms with Crippen LogP contribution in [0.4, 0.5) is 0 Å². The molecule has 0 radical (unpaired) electrons. The fraction of sp³-hybridized carbons (Fsp3) is 0. The second-order valence-electron chi connectivity index (χ2n) is 1.03. The predicted octanol–water partition coefficient (Wildman–Crippen LogP) is -0.687. The molecule has 0 aromatic carbocycles. The highest BCUT2D eigenvalue weighted by molar-refractivity contribution is 8.59. The summed E-state index contributed by atoms with van der Waals surface area (Å²) in [5.41, 5.74) is -3.11. The SMILES string of the molecule is OP(O)(=S)S.OP(O)(O)=S. The first-order valence-corrected chi connectivity index (χ1v) is 8.09. The van der Waals surface area contributed by atoms with Gasteiger partial charge in [0.1, 0.15) is 0 Å². The zero-order valence-corrected chi connectivity index (χ0v) is 8.71. The maximum Gasteiger partial charge on any atom is 0.319 e. The molecule has 0 amide bonds. The minimum absolute atomic E-state index is 3.11. The lowest BCUT2D eigenvalue weighted by atomic mass is 15.8. The van der Waals surface area contributed by atoms with Crippen LogP contribution in [0.25, 0.3) is 0 Å². The largest absolute Gasteiger partial charge is 0.338 e. The maximum atomic E-state index is 7.87. The van der Waals surface area contributed by atoms with E-state index >= 15 is 0 Å². The first-order valence-electron chi connectivity index (χ1n) is 1.57. The Morgan fingerprint density at radius 2 is 0.900 bits per heavy atom. The normalized spacial score (nSPS) is 11.8. The van der Waals surface area contributed by atoms with Crippen LogP contribution in [0.15, 0.2) is 0 Å². The Balaban J connectivity index is 0. The highest BCUT2D eigenvalue weighted by Gasteiger charge is 1.92. The molecule has 0 fully saturated rings. The summed E-state index contributed by atoms with van der Waals surface area (Å²) in [6.45, 7) is -3.81. The van der Waals surface area contributed by atoms with Crippen LogP contribution in [0.2, 0.25) is 0 Å². The highest BCUT2D eigenvalue weighted by atomic mass is 32.9. The molecule has 10 heavy (non-hydrogen) atoms. The summed E-state index contributed by atoms with van der Waals surface area (Å²) in [4.78, 5) is 38.4. The highest BCUT2D eigenvalue weighted by Crippen LogP contribution is 2.39. The molecule has 0 unspecified atom stereocenters. The molecule has 0 heterocycles. The monoisotopic (exact) mass is 244 g/mol. The van der Waals surface area contributed by atoms with Gasteiger partial charge in [0.15, 0.2) is 0 Å². The second-order valence-corrected chi connectivity index (χ2v) is 8.56. The van der Waals surface area contributed by atoms with Gasteiger partial charge in [-0.25, -0.2) is 0 Å². The third kappa shape index (κ3) is 321. The van der Waals surface area contributed by atoms with E-state index in [1.807, 2.05) is 0 Å². The van der Waals surface area contributed by atoms with E-state index < -0.39 is 12.4 Å². The van der Waals surface area contributed by atoms with Crippen LogP contribution in [0.1, 0.15) is 0 Å². The topological polar surface area (TPSA) is 101 Å². The Labute approximate surface area is 72.9 Å². The second kappa shape index (κ2) is 5.16. The van der Waals surface area contributed by atoms with Crippen molar-refractivity contribution in [2.24, 2.45) is 0 Å². The molecule has 0 bridgehead atoms. The van der Waals surface area contributed by atoms with E-state index in [-0.39, 0.29) is 0 Å². The van der Waals surface area contributed by atoms with E-state index in [4.69, 9.17) is 24.5 Å². The third-order valence-electron chi connectivity index (χ3n) is 0. The Hall–Kier alpha value is 1.45. The van der Waals surface area contributed by atoms with Crippen LogP contribution in [0.5, 0.6) is 0 Å². The van der Waals surface area contributed by atoms with Gasteiger partial charge in [-0.3, -0.25) is 0 Å². The summed E-state index contributed by atoms with van der Waals surface area (Å²) in [6, 6.07) is 0. The van der Waals surface area contributed by atoms with Crippen LogP contribution in [0, 0.1) is 0 Å². The van der Waals surface area contributed by atoms with Gasteiger partial charge in [-0.05, 0) is 23.6 Å². The van der Waals surface area contributed by atoms with Crippen LogP contribution in [-0.4, -0.2) is 24.5 Å². The average molecular weight is 244 g/mol. The Morgan fingerprint density at radius 1 is 0.900 bits per heavy atom. The molecule has 0 spiro atoms. The molecule has 0 saturated heterocycles. The first kappa shape index (κ1) is 14.0. The molecule has 0 aliphatic carbocycles. The molecule has 0 aromatic heterocycles. The van der Waals surface area contributed by atoms with Crippen molar-refractivity contribution in [1.82, 2.24) is 0 Å². The number of hydrogen-bond acceptors (Lipinski definition) is 2. The minimum Gasteiger partial charge on any atom is -0.338 e. The van der Waals surface area contributed by atoms with Gasteiger partial charge in [-0.1, -0.05) is 12.2 Å². The van der Waals surface area contributed by atoms with Crippen LogP contribution in [0.3, 0.4) is 0 Å². The van der Waals surface area contributed by atoms with E-state index in [2.05, 4.69) is 35.9 Å². The molecule has 5 nitrogen and oxygen atoms in total. The van der Waals surface area contributed by atoms with Crippen molar-refractivity contribution >= 4 is 48.3 Å². The maximum absolute atomic E-state index is 7.87. The quantitative estimate of drug-likeness (QED) is 0.248. The number of hydrogen-bond donors (Lipinski definition) is 6. The summed E-state index contributed by atoms with van der Waals surface area (Å²) in [5, 5.41) is 0. The van der Waals surface area contributed by atoms with E-state index in [0.717, 1.165) is 0 Å². The van der Waals surface area contributed by atoms with Gasteiger partial charge in [-0.15, -0.1) is 0 Å². The van der Waals surface area contributed by atoms with Gasteiger partial charge in [0, 0.05) is 0 Å². The van der Waals surface area contributed by atoms with E-state index in [1.165, 1.54) is 0 Å². The minimum atomic E-state index is -3.81. The van der Waals surface area contributed by atoms with Crippen molar-refractivity contribution in [2.45, 2.75) is 0 Å². The van der Waals surface area contributed by atoms with Crippen molar-refractivity contribution in [3.05, 3.63) is 0 Å². The molecule has 0 aliphatic rings. The molecular weight excluding hydrogens is 238 g/mol. The molecule has 0 aromatic rings. The zero-order chi connectivity index (χ0) is 9.00. The van der Waals surface area contributed by atoms with Gasteiger partial charge in [-0.2, -0.15) is 0 Å². The predicted molar refractivity (Wildman–Crippen MR) is 48.7 cm³/mol. The van der Waals surface area contributed by atoms with E-state index in [0.29, 0.717) is 0 Å². The summed E-state index contributed by atoms with van der Waals surface area (Å²) in [7, 11) is 0. The fourth-order valence-electron chi connectivity index (χ4n) is 0. The summed E-state index contributed by atoms with van der Waals surface area (Å²) >= 11 is 10.7. The van der Waals surface area contributed by atoms with Crippen molar-refractivity contribution in [2.75, 3.05) is 0 Å². The molecule has 0 rings (SSSR count). The molecule has 0 aliphatic heterocycles. The summed E-state index contributed by atoms with van der Waals surface area (Å²) < 4.78 is 0. The van der Waals surface area contributed by atoms with Crippen molar-refractivity contribution < 1.29 is 24.5 Å². The van der Waals surface area contributed by atoms with Gasteiger partial charge < -0.3 is 24.5 Å². The van der Waals surface area contributed by atoms with Crippen LogP contribution < -0.4 is 0 Å². The molecule has 0 atom stereocenters. The Bertz CT molecular complexity index is 127. The average Bonchev–Trinajstić information content (AvgIpc) is 1.12. The zero-order valence-electron chi connectivity index (χ0n) is 4.39. The van der Waals surface area contributed by atoms with Crippen LogP contribution in [-0.2, 0) is 23.6 Å². The number of thiol groups is 1. The molecule has 0 saturated carbocycles. The molecule has 64 valence electrons. The third-order valence-corrected chi connectivity index (χ3v) is 0. The smallest absolute Gasteiger partial charge is 0.319 e. The van der Waals surface area contributed by atoms with Gasteiger partial charge in [0.05, 0.1) is 0 Å². The lowest BCUT2D eigenvalue weighted by Gasteiger charge is -1.88. The van der Waals surface area contributed by atoms with Crippen molar-refractivity contribution in [1.29, 1.82) is 0 Å². The summed E-state index contributed by atoms with van der Waals surface area (Å²) in [5.74, 6) is 0. The Morgan fingerprint density at radius 3 is 0.900 bits per heavy atom. The van der Waals surface area contributed by atoms with Crippen LogP contribution >= 0.6 is 24.7 Å². The van der Waals surface area contributed by atoms with Crippen molar-refractivity contribution in [3.8, 4) is 0 Å². The fourth-order valence-corrected chi connectivity index (χ4v) is 0. The molecular formula is H6O5P2S3. The van der Waals surface area contributed by atoms with E-state index in [1.54, 1.807) is 0 Å². The summed E-state index contributed by atoms with van der Waals surface area (Å²) in [6.07, 6.45) is 0. The van der Waals surface area contributed by atoms with Crippen molar-refractivity contribution in [3.63, 3.8) is 0 Å². The number of rotatable bonds is 0. The van der Waals surface area contributed by atoms with Gasteiger partial charge in [0.25, 0.3) is 0 Å². The lowest BCUT2D eigenvalue weighted by Crippen LogP contribution is -1.65. The van der Waals surface area contributed by atoms with Gasteiger partial charge >= 0.3 is 6.72 Å². The lowest BCUT2D eigenvalue weighted by molar-refractivity contribution is 0.363. The first-order chi connectivity index (χ1) is 4.00. The Kier molecular flexibility index (Phi) is 7.22. The standard InChI is InChI=1S/H3O3PS.H3O2PS2/c1-4(2,3)5;1-3(2,4)5/h(H3,1,2,3,5);(H3,1,2,4,5). The molecule has 10 heteroatoms. The van der Waals surface area contributed by atoms with Gasteiger partial charge in [0.2, 0.25) is 5.69 Å². The molecule has 5 N–H and O–H groups in total.